The SMILES string of the molecule is NCCCCC(NC(=O)CNC(=O)C(CCCCN)NC(=O)C(N)Cc1c[nH]c2ccccc12)C(=O)O. The molecule has 3 unspecified atom stereocenters. The van der Waals surface area contributed by atoms with E-state index >= 15 is 0 Å². The number of carboxylic acid groups (broad SMARTS) is 1. The smallest absolute Gasteiger partial charge is 0.326 e. The molecule has 0 bridgehead atoms. The zero-order chi connectivity index (χ0) is 27.2. The summed E-state index contributed by atoms with van der Waals surface area (Å²) in [4.78, 5) is 52.4. The lowest BCUT2D eigenvalue weighted by Gasteiger charge is -2.21. The Morgan fingerprint density at radius 1 is 0.892 bits per heavy atom. The number of unbranched alkanes of at least 4 members (excludes halogenated alkanes) is 2. The zero-order valence-electron chi connectivity index (χ0n) is 21.0. The third-order valence-corrected chi connectivity index (χ3v) is 6.03. The monoisotopic (exact) mass is 517 g/mol. The van der Waals surface area contributed by atoms with Gasteiger partial charge in [-0.15, -0.1) is 0 Å². The number of aromatic amines is 1. The van der Waals surface area contributed by atoms with Crippen LogP contribution in [0.5, 0.6) is 0 Å². The molecule has 0 spiro atoms. The number of rotatable bonds is 17. The van der Waals surface area contributed by atoms with Gasteiger partial charge in [0.25, 0.3) is 0 Å². The van der Waals surface area contributed by atoms with Crippen molar-refractivity contribution in [2.75, 3.05) is 19.6 Å². The minimum Gasteiger partial charge on any atom is -0.480 e. The lowest BCUT2D eigenvalue weighted by Crippen LogP contribution is -2.53. The molecule has 0 aliphatic heterocycles. The van der Waals surface area contributed by atoms with E-state index in [-0.39, 0.29) is 12.8 Å². The van der Waals surface area contributed by atoms with E-state index in [1.54, 1.807) is 0 Å². The molecule has 1 heterocycles. The van der Waals surface area contributed by atoms with Gasteiger partial charge >= 0.3 is 5.97 Å². The lowest BCUT2D eigenvalue weighted by atomic mass is 10.0. The maximum atomic E-state index is 12.8. The molecule has 2 aromatic rings. The first-order chi connectivity index (χ1) is 17.8. The average Bonchev–Trinajstić information content (AvgIpc) is 3.28. The van der Waals surface area contributed by atoms with Crippen molar-refractivity contribution in [3.63, 3.8) is 0 Å². The van der Waals surface area contributed by atoms with Crippen molar-refractivity contribution in [3.8, 4) is 0 Å². The maximum Gasteiger partial charge on any atom is 0.326 e. The number of carboxylic acids is 1. The highest BCUT2D eigenvalue weighted by Gasteiger charge is 2.25. The number of aliphatic carboxylic acids is 1. The van der Waals surface area contributed by atoms with Crippen molar-refractivity contribution in [2.24, 2.45) is 17.2 Å². The fourth-order valence-electron chi connectivity index (χ4n) is 3.96. The van der Waals surface area contributed by atoms with Crippen LogP contribution in [0.1, 0.15) is 44.1 Å². The normalized spacial score (nSPS) is 13.5. The number of fused-ring (bicyclic) bond motifs is 1. The molecule has 1 aromatic heterocycles. The molecule has 204 valence electrons. The number of carbonyl (C=O) groups is 4. The van der Waals surface area contributed by atoms with Gasteiger partial charge < -0.3 is 43.2 Å². The van der Waals surface area contributed by atoms with E-state index in [9.17, 15) is 24.3 Å². The molecule has 0 fully saturated rings. The molecule has 0 saturated heterocycles. The second kappa shape index (κ2) is 15.6. The quantitative estimate of drug-likeness (QED) is 0.127. The number of nitrogens with one attached hydrogen (secondary N) is 4. The van der Waals surface area contributed by atoms with Gasteiger partial charge in [0, 0.05) is 17.1 Å². The summed E-state index contributed by atoms with van der Waals surface area (Å²) in [5.41, 5.74) is 19.0. The van der Waals surface area contributed by atoms with Gasteiger partial charge in [0.2, 0.25) is 17.7 Å². The second-order valence-corrected chi connectivity index (χ2v) is 8.98. The van der Waals surface area contributed by atoms with E-state index in [0.29, 0.717) is 45.2 Å². The van der Waals surface area contributed by atoms with Gasteiger partial charge in [0.1, 0.15) is 12.1 Å². The van der Waals surface area contributed by atoms with E-state index < -0.39 is 48.4 Å². The summed E-state index contributed by atoms with van der Waals surface area (Å²) in [7, 11) is 0. The summed E-state index contributed by atoms with van der Waals surface area (Å²) in [5.74, 6) is -2.85. The Hall–Kier alpha value is -3.48. The lowest BCUT2D eigenvalue weighted by molar-refractivity contribution is -0.142. The van der Waals surface area contributed by atoms with Crippen LogP contribution in [0.4, 0.5) is 0 Å². The van der Waals surface area contributed by atoms with Crippen LogP contribution in [0, 0.1) is 0 Å². The Morgan fingerprint density at radius 2 is 1.54 bits per heavy atom. The van der Waals surface area contributed by atoms with Crippen LogP contribution in [-0.2, 0) is 25.6 Å². The molecule has 3 atom stereocenters. The zero-order valence-corrected chi connectivity index (χ0v) is 21.0. The molecule has 1 aromatic carbocycles. The molecule has 37 heavy (non-hydrogen) atoms. The Kier molecular flexibility index (Phi) is 12.5. The highest BCUT2D eigenvalue weighted by atomic mass is 16.4. The number of carbonyl (C=O) groups excluding carboxylic acids is 3. The Morgan fingerprint density at radius 3 is 2.19 bits per heavy atom. The number of hydrogen-bond donors (Lipinski definition) is 8. The highest BCUT2D eigenvalue weighted by Crippen LogP contribution is 2.18. The molecular weight excluding hydrogens is 478 g/mol. The minimum atomic E-state index is -1.16. The minimum absolute atomic E-state index is 0.234. The summed E-state index contributed by atoms with van der Waals surface area (Å²) in [6.07, 6.45) is 5.06. The van der Waals surface area contributed by atoms with Gasteiger partial charge in [-0.25, -0.2) is 4.79 Å². The molecule has 11 N–H and O–H groups in total. The number of amides is 3. The second-order valence-electron chi connectivity index (χ2n) is 8.98. The van der Waals surface area contributed by atoms with Gasteiger partial charge in [0.15, 0.2) is 0 Å². The van der Waals surface area contributed by atoms with Crippen LogP contribution in [0.2, 0.25) is 0 Å². The van der Waals surface area contributed by atoms with E-state index in [4.69, 9.17) is 17.2 Å². The highest BCUT2D eigenvalue weighted by molar-refractivity contribution is 5.93. The van der Waals surface area contributed by atoms with Crippen molar-refractivity contribution in [1.29, 1.82) is 0 Å². The van der Waals surface area contributed by atoms with Crippen molar-refractivity contribution in [2.45, 2.75) is 63.1 Å². The van der Waals surface area contributed by atoms with E-state index in [1.165, 1.54) is 0 Å². The number of para-hydroxylation sites is 1. The van der Waals surface area contributed by atoms with Crippen LogP contribution < -0.4 is 33.2 Å². The van der Waals surface area contributed by atoms with Gasteiger partial charge in [-0.1, -0.05) is 18.2 Å². The number of aromatic nitrogens is 1. The van der Waals surface area contributed by atoms with Crippen LogP contribution in [0.3, 0.4) is 0 Å². The molecule has 3 amide bonds. The summed E-state index contributed by atoms with van der Waals surface area (Å²) in [6.45, 7) is 0.439. The fraction of sp³-hybridized carbons (Fsp3) is 0.520. The van der Waals surface area contributed by atoms with Gasteiger partial charge in [0.05, 0.1) is 12.6 Å². The number of hydrogen-bond acceptors (Lipinski definition) is 7. The Labute approximate surface area is 216 Å². The van der Waals surface area contributed by atoms with Crippen molar-refractivity contribution in [3.05, 3.63) is 36.0 Å². The van der Waals surface area contributed by atoms with Gasteiger partial charge in [-0.3, -0.25) is 14.4 Å². The van der Waals surface area contributed by atoms with E-state index in [0.717, 1.165) is 16.5 Å². The molecular formula is C25H39N7O5. The van der Waals surface area contributed by atoms with Crippen LogP contribution >= 0.6 is 0 Å². The maximum absolute atomic E-state index is 12.8. The number of nitrogens with two attached hydrogens (primary N) is 3. The fourth-order valence-corrected chi connectivity index (χ4v) is 3.96. The third kappa shape index (κ3) is 9.83. The van der Waals surface area contributed by atoms with Crippen LogP contribution in [0.15, 0.2) is 30.5 Å². The Bertz CT molecular complexity index is 1040. The summed E-state index contributed by atoms with van der Waals surface area (Å²) < 4.78 is 0. The van der Waals surface area contributed by atoms with Gasteiger partial charge in [-0.05, 0) is 69.7 Å². The standard InChI is InChI=1S/C25H39N7O5/c26-11-5-3-9-20(24(35)30-15-22(33)31-21(25(36)37)10-4-6-12-27)32-23(34)18(28)13-16-14-29-19-8-2-1-7-17(16)19/h1-2,7-8,14,18,20-21,29H,3-6,9-13,15,26-28H2,(H,30,35)(H,31,33)(H,32,34)(H,36,37). The summed E-state index contributed by atoms with van der Waals surface area (Å²) in [6, 6.07) is 4.79. The first-order valence-corrected chi connectivity index (χ1v) is 12.6. The first-order valence-electron chi connectivity index (χ1n) is 12.6. The van der Waals surface area contributed by atoms with E-state index in [1.807, 2.05) is 30.5 Å². The predicted molar refractivity (Wildman–Crippen MR) is 140 cm³/mol. The number of H-pyrrole nitrogens is 1. The molecule has 0 radical (unpaired) electrons. The molecule has 0 aliphatic rings. The number of benzene rings is 1. The predicted octanol–water partition coefficient (Wildman–Crippen LogP) is -0.534. The summed E-state index contributed by atoms with van der Waals surface area (Å²) >= 11 is 0. The molecule has 12 heteroatoms. The average molecular weight is 518 g/mol. The topological polar surface area (TPSA) is 218 Å². The first kappa shape index (κ1) is 29.7. The molecule has 2 rings (SSSR count). The van der Waals surface area contributed by atoms with Crippen LogP contribution in [-0.4, -0.2) is 71.5 Å². The third-order valence-electron chi connectivity index (χ3n) is 6.03. The summed E-state index contributed by atoms with van der Waals surface area (Å²) in [5, 5.41) is 17.8. The van der Waals surface area contributed by atoms with Crippen molar-refractivity contribution < 1.29 is 24.3 Å². The molecule has 0 saturated carbocycles. The van der Waals surface area contributed by atoms with Crippen molar-refractivity contribution in [1.82, 2.24) is 20.9 Å². The van der Waals surface area contributed by atoms with Crippen LogP contribution in [0.25, 0.3) is 10.9 Å². The largest absolute Gasteiger partial charge is 0.480 e. The van der Waals surface area contributed by atoms with E-state index in [2.05, 4.69) is 20.9 Å². The molecule has 12 nitrogen and oxygen atoms in total. The Balaban J connectivity index is 1.93. The van der Waals surface area contributed by atoms with Gasteiger partial charge in [-0.2, -0.15) is 0 Å². The molecule has 0 aliphatic carbocycles. The van der Waals surface area contributed by atoms with Crippen molar-refractivity contribution >= 4 is 34.6 Å².